The van der Waals surface area contributed by atoms with Crippen molar-refractivity contribution in [1.29, 1.82) is 0 Å². The number of esters is 4. The third-order valence-electron chi connectivity index (χ3n) is 14.6. The maximum atomic E-state index is 13.5. The molecular formula is C72H72O12. The average molecular weight is 1130 g/mol. The highest BCUT2D eigenvalue weighted by Crippen LogP contribution is 2.44. The minimum Gasteiger partial charge on any atom is -0.481 e. The summed E-state index contributed by atoms with van der Waals surface area (Å²) in [6.07, 6.45) is 49.9. The van der Waals surface area contributed by atoms with E-state index in [9.17, 15) is 19.2 Å². The van der Waals surface area contributed by atoms with Gasteiger partial charge < -0.3 is 37.9 Å². The monoisotopic (exact) mass is 1130 g/mol. The van der Waals surface area contributed by atoms with E-state index in [-0.39, 0.29) is 75.8 Å². The highest BCUT2D eigenvalue weighted by molar-refractivity contribution is 5.74. The van der Waals surface area contributed by atoms with Crippen molar-refractivity contribution in [2.75, 3.05) is 52.9 Å². The molecule has 0 unspecified atom stereocenters. The van der Waals surface area contributed by atoms with Gasteiger partial charge in [-0.15, -0.1) is 0 Å². The Morgan fingerprint density at radius 1 is 0.286 bits per heavy atom. The number of allylic oxidation sites excluding steroid dienone is 24. The minimum atomic E-state index is -0.541. The Labute approximate surface area is 492 Å². The van der Waals surface area contributed by atoms with E-state index in [0.29, 0.717) is 23.0 Å². The van der Waals surface area contributed by atoms with Crippen LogP contribution in [0, 0.1) is 0 Å². The number of carbonyl (C=O) groups excluding carboxylic acids is 4. The molecule has 12 nitrogen and oxygen atoms in total. The third-order valence-corrected chi connectivity index (χ3v) is 14.6. The van der Waals surface area contributed by atoms with E-state index in [0.717, 1.165) is 66.8 Å². The first-order valence-corrected chi connectivity index (χ1v) is 28.9. The molecule has 0 aliphatic heterocycles. The van der Waals surface area contributed by atoms with Gasteiger partial charge in [-0.1, -0.05) is 194 Å². The van der Waals surface area contributed by atoms with Gasteiger partial charge in [0.25, 0.3) is 0 Å². The minimum absolute atomic E-state index is 0.159. The van der Waals surface area contributed by atoms with Crippen LogP contribution in [-0.2, 0) is 63.8 Å². The molecule has 0 fully saturated rings. The second-order valence-electron chi connectivity index (χ2n) is 20.5. The molecule has 0 atom stereocenters. The van der Waals surface area contributed by atoms with Gasteiger partial charge >= 0.3 is 23.9 Å². The molecule has 0 heterocycles. The van der Waals surface area contributed by atoms with Crippen molar-refractivity contribution in [2.45, 2.75) is 77.0 Å². The lowest BCUT2D eigenvalue weighted by Gasteiger charge is -2.26. The zero-order valence-corrected chi connectivity index (χ0v) is 48.2. The topological polar surface area (TPSA) is 142 Å². The number of carbonyl (C=O) groups is 4. The van der Waals surface area contributed by atoms with Crippen LogP contribution in [0.2, 0.25) is 0 Å². The smallest absolute Gasteiger partial charge is 0.344 e. The van der Waals surface area contributed by atoms with Gasteiger partial charge in [-0.2, -0.15) is 0 Å². The molecule has 0 aromatic heterocycles. The number of hydrogen-bond acceptors (Lipinski definition) is 12. The lowest BCUT2D eigenvalue weighted by molar-refractivity contribution is -0.146. The van der Waals surface area contributed by atoms with E-state index in [1.54, 1.807) is 27.7 Å². The highest BCUT2D eigenvalue weighted by atomic mass is 16.6. The largest absolute Gasteiger partial charge is 0.481 e. The molecule has 0 saturated heterocycles. The van der Waals surface area contributed by atoms with Crippen LogP contribution in [0.25, 0.3) is 0 Å². The van der Waals surface area contributed by atoms with Gasteiger partial charge in [-0.3, -0.25) is 0 Å². The Hall–Kier alpha value is -9.16. The van der Waals surface area contributed by atoms with Gasteiger partial charge in [0.05, 0.1) is 26.4 Å². The van der Waals surface area contributed by atoms with Crippen LogP contribution in [0.5, 0.6) is 23.0 Å². The zero-order chi connectivity index (χ0) is 58.6. The van der Waals surface area contributed by atoms with E-state index in [1.165, 1.54) is 0 Å². The van der Waals surface area contributed by atoms with Crippen molar-refractivity contribution < 1.29 is 57.1 Å². The van der Waals surface area contributed by atoms with Crippen LogP contribution in [-0.4, -0.2) is 76.7 Å². The normalized spacial score (nSPS) is 15.5. The molecule has 0 amide bonds. The predicted molar refractivity (Wildman–Crippen MR) is 326 cm³/mol. The molecule has 0 N–H and O–H groups in total. The molecule has 0 saturated carbocycles. The summed E-state index contributed by atoms with van der Waals surface area (Å²) in [5.41, 5.74) is 9.59. The van der Waals surface area contributed by atoms with E-state index in [4.69, 9.17) is 37.9 Å². The van der Waals surface area contributed by atoms with Gasteiger partial charge in [0, 0.05) is 49.4 Å². The van der Waals surface area contributed by atoms with Gasteiger partial charge in [-0.05, 0) is 94.5 Å². The Balaban J connectivity index is 1.41. The molecule has 5 aliphatic rings. The molecule has 12 heteroatoms. The van der Waals surface area contributed by atoms with E-state index >= 15 is 0 Å². The Morgan fingerprint density at radius 2 is 0.452 bits per heavy atom. The highest BCUT2D eigenvalue weighted by Gasteiger charge is 2.28. The van der Waals surface area contributed by atoms with Gasteiger partial charge in [0.15, 0.2) is 26.4 Å². The summed E-state index contributed by atoms with van der Waals surface area (Å²) < 4.78 is 49.2. The maximum Gasteiger partial charge on any atom is 0.344 e. The van der Waals surface area contributed by atoms with Crippen LogP contribution in [0.15, 0.2) is 194 Å². The fourth-order valence-electron chi connectivity index (χ4n) is 11.0. The molecule has 84 heavy (non-hydrogen) atoms. The summed E-state index contributed by atoms with van der Waals surface area (Å²) in [5.74, 6) is -1.11. The van der Waals surface area contributed by atoms with E-state index < -0.39 is 50.3 Å². The van der Waals surface area contributed by atoms with Crippen molar-refractivity contribution in [2.24, 2.45) is 0 Å². The van der Waals surface area contributed by atoms with Crippen LogP contribution < -0.4 is 18.9 Å². The first kappa shape index (κ1) is 59.5. The molecule has 0 spiro atoms. The molecule has 5 aliphatic carbocycles. The summed E-state index contributed by atoms with van der Waals surface area (Å²) >= 11 is 0. The van der Waals surface area contributed by atoms with Gasteiger partial charge in [0.2, 0.25) is 0 Å². The number of hydrogen-bond donors (Lipinski definition) is 0. The van der Waals surface area contributed by atoms with Crippen LogP contribution in [0.4, 0.5) is 0 Å². The summed E-state index contributed by atoms with van der Waals surface area (Å²) in [4.78, 5) is 54.0. The molecular weight excluding hydrogens is 1060 g/mol. The van der Waals surface area contributed by atoms with Gasteiger partial charge in [0.1, 0.15) is 23.0 Å². The number of ether oxygens (including phenoxy) is 8. The molecule has 9 rings (SSSR count). The molecule has 0 radical (unpaired) electrons. The number of rotatable bonds is 20. The molecule has 4 aromatic carbocycles. The van der Waals surface area contributed by atoms with E-state index in [1.807, 2.05) is 97.2 Å². The van der Waals surface area contributed by atoms with Crippen LogP contribution >= 0.6 is 0 Å². The average Bonchev–Trinajstić information content (AvgIpc) is 4.11. The van der Waals surface area contributed by atoms with Crippen molar-refractivity contribution in [3.63, 3.8) is 0 Å². The number of fused-ring (bicyclic) bond motifs is 8. The van der Waals surface area contributed by atoms with Crippen molar-refractivity contribution >= 4 is 23.9 Å². The number of benzene rings is 4. The molecule has 432 valence electrons. The Kier molecular flexibility index (Phi) is 21.0. The molecule has 4 aromatic rings. The lowest BCUT2D eigenvalue weighted by Crippen LogP contribution is -2.19. The zero-order valence-electron chi connectivity index (χ0n) is 48.2. The summed E-state index contributed by atoms with van der Waals surface area (Å²) in [6, 6.07) is 16.9. The first-order chi connectivity index (χ1) is 41.1. The van der Waals surface area contributed by atoms with E-state index in [2.05, 4.69) is 97.1 Å². The maximum absolute atomic E-state index is 13.5. The van der Waals surface area contributed by atoms with Crippen molar-refractivity contribution in [1.82, 2.24) is 0 Å². The van der Waals surface area contributed by atoms with Crippen LogP contribution in [0.3, 0.4) is 0 Å². The summed E-state index contributed by atoms with van der Waals surface area (Å²) in [7, 11) is 0. The first-order valence-electron chi connectivity index (χ1n) is 28.9. The molecule has 8 bridgehead atoms. The fraction of sp³-hybridized carbons (Fsp3) is 0.278. The Morgan fingerprint density at radius 3 is 0.607 bits per heavy atom. The second kappa shape index (κ2) is 29.7. The third kappa shape index (κ3) is 15.7. The van der Waals surface area contributed by atoms with Crippen molar-refractivity contribution in [3.8, 4) is 23.0 Å². The predicted octanol–water partition coefficient (Wildman–Crippen LogP) is 13.2. The fourth-order valence-corrected chi connectivity index (χ4v) is 11.0. The SMILES string of the molecule is CCOC(=O)COc1c2cc(C3C=CC=CC=C3)cc1Cc1cc(C3C=CC=CC=C3)cc(c1OCC(=O)OCC)Cc1cc(C3C=CC=CC=C3)cc(c1OCC(=O)OCC)Cc1cc(C3C=CC=CC=C3)cc(c1OCC(=O)OCC)C2. The summed E-state index contributed by atoms with van der Waals surface area (Å²) in [5, 5.41) is 0. The summed E-state index contributed by atoms with van der Waals surface area (Å²) in [6.45, 7) is 6.09. The second-order valence-corrected chi connectivity index (χ2v) is 20.5. The van der Waals surface area contributed by atoms with Gasteiger partial charge in [-0.25, -0.2) is 19.2 Å². The van der Waals surface area contributed by atoms with Crippen molar-refractivity contribution in [3.05, 3.63) is 261 Å². The quantitative estimate of drug-likeness (QED) is 0.0541. The van der Waals surface area contributed by atoms with Crippen LogP contribution in [0.1, 0.15) is 118 Å². The lowest BCUT2D eigenvalue weighted by atomic mass is 9.84. The Bertz CT molecular complexity index is 2850. The standard InChI is InChI=1S/C72H72O12/c1-5-77-65(73)45-81-69-57-33-53(49-25-17-9-10-18-26-49)34-58(69)42-60-36-55(51-29-21-13-14-22-30-51)38-62(71(60)83-47-67(75)79-7-3)44-64-40-56(52-31-23-15-16-24-32-52)39-63(72(64)84-48-68(76)80-8-4)43-61-37-54(50-27-19-11-12-20-28-50)35-59(41-57)70(61)82-46-66(74)78-6-2/h9-40,49-52H,5-8,41-48H2,1-4H3.